The van der Waals surface area contributed by atoms with E-state index < -0.39 is 0 Å². The molecule has 1 heterocycles. The Hall–Kier alpha value is -1.77. The maximum absolute atomic E-state index is 12.0. The summed E-state index contributed by atoms with van der Waals surface area (Å²) in [5.74, 6) is 0.538. The fourth-order valence-corrected chi connectivity index (χ4v) is 2.47. The van der Waals surface area contributed by atoms with Crippen LogP contribution in [0.4, 0.5) is 4.79 Å². The van der Waals surface area contributed by atoms with Gasteiger partial charge in [0.15, 0.2) is 0 Å². The fourth-order valence-electron chi connectivity index (χ4n) is 2.47. The van der Waals surface area contributed by atoms with E-state index in [9.17, 15) is 4.79 Å². The zero-order valence-electron chi connectivity index (χ0n) is 11.3. The van der Waals surface area contributed by atoms with Crippen LogP contribution in [0.5, 0.6) is 0 Å². The number of nitrogens with zero attached hydrogens (tertiary/aromatic N) is 1. The minimum atomic E-state index is -0.197. The van der Waals surface area contributed by atoms with Crippen LogP contribution < -0.4 is 0 Å². The Morgan fingerprint density at radius 2 is 2.21 bits per heavy atom. The Balaban J connectivity index is 1.81. The van der Waals surface area contributed by atoms with Crippen molar-refractivity contribution in [2.75, 3.05) is 13.1 Å². The summed E-state index contributed by atoms with van der Waals surface area (Å²) in [7, 11) is 0. The van der Waals surface area contributed by atoms with Gasteiger partial charge < -0.3 is 9.64 Å². The number of likely N-dealkylation sites (tertiary alicyclic amines) is 1. The third-order valence-corrected chi connectivity index (χ3v) is 3.48. The van der Waals surface area contributed by atoms with Crippen molar-refractivity contribution < 1.29 is 9.53 Å². The van der Waals surface area contributed by atoms with Crippen LogP contribution in [0.2, 0.25) is 0 Å². The van der Waals surface area contributed by atoms with Crippen molar-refractivity contribution >= 4 is 6.09 Å². The molecule has 1 aliphatic rings. The van der Waals surface area contributed by atoms with Crippen LogP contribution >= 0.6 is 0 Å². The number of hydrogen-bond donors (Lipinski definition) is 0. The van der Waals surface area contributed by atoms with Crippen molar-refractivity contribution in [3.8, 4) is 0 Å². The molecule has 1 atom stereocenters. The van der Waals surface area contributed by atoms with Crippen molar-refractivity contribution in [2.24, 2.45) is 5.92 Å². The molecule has 0 aliphatic carbocycles. The highest BCUT2D eigenvalue weighted by molar-refractivity contribution is 5.67. The van der Waals surface area contributed by atoms with Crippen LogP contribution in [0.3, 0.4) is 0 Å². The third kappa shape index (κ3) is 4.12. The maximum Gasteiger partial charge on any atom is 0.410 e. The first-order valence-corrected chi connectivity index (χ1v) is 6.86. The molecule has 0 unspecified atom stereocenters. The number of carbonyl (C=O) groups is 1. The Morgan fingerprint density at radius 1 is 1.42 bits per heavy atom. The van der Waals surface area contributed by atoms with E-state index in [1.54, 1.807) is 0 Å². The molecule has 1 aromatic rings. The molecule has 1 aromatic carbocycles. The van der Waals surface area contributed by atoms with Gasteiger partial charge in [-0.3, -0.25) is 0 Å². The highest BCUT2D eigenvalue weighted by atomic mass is 16.6. The van der Waals surface area contributed by atoms with Gasteiger partial charge in [-0.2, -0.15) is 0 Å². The third-order valence-electron chi connectivity index (χ3n) is 3.48. The van der Waals surface area contributed by atoms with Gasteiger partial charge in [0.25, 0.3) is 0 Å². The first-order chi connectivity index (χ1) is 9.29. The minimum absolute atomic E-state index is 0.197. The summed E-state index contributed by atoms with van der Waals surface area (Å²) < 4.78 is 5.36. The molecule has 1 fully saturated rings. The zero-order chi connectivity index (χ0) is 13.5. The molecule has 1 amide bonds. The van der Waals surface area contributed by atoms with E-state index in [1.807, 2.05) is 41.3 Å². The number of rotatable bonds is 4. The number of carbonyl (C=O) groups excluding carboxylic acids is 1. The molecule has 0 N–H and O–H groups in total. The number of piperidine rings is 1. The molecule has 0 radical (unpaired) electrons. The van der Waals surface area contributed by atoms with Crippen molar-refractivity contribution in [2.45, 2.75) is 25.9 Å². The van der Waals surface area contributed by atoms with Gasteiger partial charge in [0.1, 0.15) is 6.61 Å². The molecule has 0 bridgehead atoms. The van der Waals surface area contributed by atoms with Gasteiger partial charge in [-0.15, -0.1) is 6.58 Å². The summed E-state index contributed by atoms with van der Waals surface area (Å²) >= 11 is 0. The topological polar surface area (TPSA) is 29.5 Å². The lowest BCUT2D eigenvalue weighted by atomic mass is 9.95. The molecule has 19 heavy (non-hydrogen) atoms. The van der Waals surface area contributed by atoms with Gasteiger partial charge in [-0.05, 0) is 30.7 Å². The van der Waals surface area contributed by atoms with E-state index in [0.717, 1.165) is 31.5 Å². The summed E-state index contributed by atoms with van der Waals surface area (Å²) in [6.45, 7) is 5.71. The van der Waals surface area contributed by atoms with Crippen LogP contribution in [0.1, 0.15) is 24.8 Å². The Bertz CT molecular complexity index is 416. The number of ether oxygens (including phenoxy) is 1. The lowest BCUT2D eigenvalue weighted by molar-refractivity contribution is 0.0794. The van der Waals surface area contributed by atoms with Crippen molar-refractivity contribution in [3.05, 3.63) is 48.6 Å². The standard InChI is InChI=1S/C16H21NO2/c1-2-7-14-10-6-11-17(12-14)16(18)19-13-15-8-4-3-5-9-15/h2-5,8-9,14H,1,6-7,10-13H2/t14-/m1/s1. The van der Waals surface area contributed by atoms with Crippen molar-refractivity contribution in [1.82, 2.24) is 4.90 Å². The number of allylic oxidation sites excluding steroid dienone is 1. The lowest BCUT2D eigenvalue weighted by Crippen LogP contribution is -2.40. The van der Waals surface area contributed by atoms with Gasteiger partial charge >= 0.3 is 6.09 Å². The molecule has 0 aromatic heterocycles. The summed E-state index contributed by atoms with van der Waals surface area (Å²) in [5.41, 5.74) is 1.02. The number of hydrogen-bond acceptors (Lipinski definition) is 2. The molecule has 1 saturated heterocycles. The maximum atomic E-state index is 12.0. The highest BCUT2D eigenvalue weighted by Crippen LogP contribution is 2.20. The second kappa shape index (κ2) is 6.98. The summed E-state index contributed by atoms with van der Waals surface area (Å²) in [4.78, 5) is 13.8. The minimum Gasteiger partial charge on any atom is -0.445 e. The van der Waals surface area contributed by atoms with E-state index in [2.05, 4.69) is 6.58 Å². The molecule has 3 heteroatoms. The summed E-state index contributed by atoms with van der Waals surface area (Å²) in [6.07, 6.45) is 4.94. The molecule has 0 spiro atoms. The highest BCUT2D eigenvalue weighted by Gasteiger charge is 2.23. The van der Waals surface area contributed by atoms with E-state index in [-0.39, 0.29) is 6.09 Å². The van der Waals surface area contributed by atoms with E-state index in [1.165, 1.54) is 6.42 Å². The molecule has 2 rings (SSSR count). The summed E-state index contributed by atoms with van der Waals surface area (Å²) in [5, 5.41) is 0. The monoisotopic (exact) mass is 259 g/mol. The quantitative estimate of drug-likeness (QED) is 0.773. The molecule has 3 nitrogen and oxygen atoms in total. The van der Waals surface area contributed by atoms with E-state index >= 15 is 0 Å². The first kappa shape index (κ1) is 13.7. The predicted molar refractivity (Wildman–Crippen MR) is 75.7 cm³/mol. The molecular formula is C16H21NO2. The van der Waals surface area contributed by atoms with Crippen molar-refractivity contribution in [3.63, 3.8) is 0 Å². The molecular weight excluding hydrogens is 238 g/mol. The van der Waals surface area contributed by atoms with E-state index in [4.69, 9.17) is 4.74 Å². The van der Waals surface area contributed by atoms with Crippen LogP contribution in [0.25, 0.3) is 0 Å². The Kier molecular flexibility index (Phi) is 5.01. The van der Waals surface area contributed by atoms with Crippen molar-refractivity contribution in [1.29, 1.82) is 0 Å². The SMILES string of the molecule is C=CC[C@@H]1CCCN(C(=O)OCc2ccccc2)C1. The average molecular weight is 259 g/mol. The first-order valence-electron chi connectivity index (χ1n) is 6.86. The lowest BCUT2D eigenvalue weighted by Gasteiger charge is -2.31. The second-order valence-corrected chi connectivity index (χ2v) is 5.02. The molecule has 0 saturated carbocycles. The molecule has 102 valence electrons. The van der Waals surface area contributed by atoms with Crippen LogP contribution in [-0.2, 0) is 11.3 Å². The Morgan fingerprint density at radius 3 is 2.95 bits per heavy atom. The van der Waals surface area contributed by atoms with Gasteiger partial charge in [0, 0.05) is 13.1 Å². The molecule has 1 aliphatic heterocycles. The van der Waals surface area contributed by atoms with Gasteiger partial charge in [0.05, 0.1) is 0 Å². The number of benzene rings is 1. The largest absolute Gasteiger partial charge is 0.445 e. The second-order valence-electron chi connectivity index (χ2n) is 5.02. The fraction of sp³-hybridized carbons (Fsp3) is 0.438. The van der Waals surface area contributed by atoms with Gasteiger partial charge in [0.2, 0.25) is 0 Å². The van der Waals surface area contributed by atoms with Crippen LogP contribution in [0.15, 0.2) is 43.0 Å². The normalized spacial score (nSPS) is 18.9. The van der Waals surface area contributed by atoms with Gasteiger partial charge in [-0.1, -0.05) is 36.4 Å². The average Bonchev–Trinajstić information content (AvgIpc) is 2.46. The number of amides is 1. The summed E-state index contributed by atoms with van der Waals surface area (Å²) in [6, 6.07) is 9.78. The zero-order valence-corrected chi connectivity index (χ0v) is 11.3. The van der Waals surface area contributed by atoms with E-state index in [0.29, 0.717) is 12.5 Å². The predicted octanol–water partition coefficient (Wildman–Crippen LogP) is 3.61. The van der Waals surface area contributed by atoms with Gasteiger partial charge in [-0.25, -0.2) is 4.79 Å². The van der Waals surface area contributed by atoms with Crippen LogP contribution in [0, 0.1) is 5.92 Å². The Labute approximate surface area is 114 Å². The van der Waals surface area contributed by atoms with Crippen LogP contribution in [-0.4, -0.2) is 24.1 Å². The smallest absolute Gasteiger partial charge is 0.410 e.